The highest BCUT2D eigenvalue weighted by molar-refractivity contribution is 6.31. The standard InChI is InChI=1S/C24H19ClN2O4/c1-15-18(25)9-6-10-19(15)26-22(28)14-31-23(29)13-27-20-11-4-2-7-16(20)24(30)17-8-3-5-12-21(17)27/h2-12H,13-14H2,1H3,(H,26,28). The largest absolute Gasteiger partial charge is 0.454 e. The first-order valence-electron chi connectivity index (χ1n) is 9.66. The van der Waals surface area contributed by atoms with Crippen molar-refractivity contribution in [3.8, 4) is 0 Å². The third kappa shape index (κ3) is 4.15. The summed E-state index contributed by atoms with van der Waals surface area (Å²) in [5, 5.41) is 4.26. The predicted octanol–water partition coefficient (Wildman–Crippen LogP) is 4.30. The molecule has 6 nitrogen and oxygen atoms in total. The molecule has 0 aliphatic rings. The summed E-state index contributed by atoms with van der Waals surface area (Å²) in [5.41, 5.74) is 2.46. The number of ether oxygens (including phenoxy) is 1. The van der Waals surface area contributed by atoms with Crippen molar-refractivity contribution in [3.05, 3.63) is 87.5 Å². The number of hydrogen-bond donors (Lipinski definition) is 1. The van der Waals surface area contributed by atoms with Crippen molar-refractivity contribution in [1.29, 1.82) is 0 Å². The van der Waals surface area contributed by atoms with Gasteiger partial charge in [0.1, 0.15) is 6.54 Å². The summed E-state index contributed by atoms with van der Waals surface area (Å²) in [5.74, 6) is -1.05. The molecule has 4 aromatic rings. The van der Waals surface area contributed by atoms with E-state index in [1.165, 1.54) is 0 Å². The molecular formula is C24H19ClN2O4. The highest BCUT2D eigenvalue weighted by atomic mass is 35.5. The lowest BCUT2D eigenvalue weighted by atomic mass is 10.1. The Balaban J connectivity index is 1.53. The molecule has 1 aromatic heterocycles. The first kappa shape index (κ1) is 20.6. The van der Waals surface area contributed by atoms with Gasteiger partial charge in [0.2, 0.25) is 0 Å². The highest BCUT2D eigenvalue weighted by Gasteiger charge is 2.15. The number of pyridine rings is 1. The number of fused-ring (bicyclic) bond motifs is 2. The molecule has 0 unspecified atom stereocenters. The smallest absolute Gasteiger partial charge is 0.326 e. The fourth-order valence-corrected chi connectivity index (χ4v) is 3.67. The van der Waals surface area contributed by atoms with Crippen LogP contribution in [0, 0.1) is 6.92 Å². The number of amides is 1. The molecule has 31 heavy (non-hydrogen) atoms. The van der Waals surface area contributed by atoms with Crippen molar-refractivity contribution in [2.45, 2.75) is 13.5 Å². The number of nitrogens with zero attached hydrogens (tertiary/aromatic N) is 1. The molecule has 1 amide bonds. The van der Waals surface area contributed by atoms with Crippen LogP contribution < -0.4 is 10.7 Å². The normalized spacial score (nSPS) is 10.9. The zero-order chi connectivity index (χ0) is 22.0. The number of aromatic nitrogens is 1. The number of anilines is 1. The summed E-state index contributed by atoms with van der Waals surface area (Å²) < 4.78 is 6.92. The number of nitrogens with one attached hydrogen (secondary N) is 1. The monoisotopic (exact) mass is 434 g/mol. The number of para-hydroxylation sites is 2. The molecule has 1 N–H and O–H groups in total. The van der Waals surface area contributed by atoms with Crippen molar-refractivity contribution in [2.75, 3.05) is 11.9 Å². The van der Waals surface area contributed by atoms with Gasteiger partial charge in [-0.25, -0.2) is 0 Å². The number of hydrogen-bond acceptors (Lipinski definition) is 4. The van der Waals surface area contributed by atoms with Crippen molar-refractivity contribution in [2.24, 2.45) is 0 Å². The van der Waals surface area contributed by atoms with Gasteiger partial charge in [-0.2, -0.15) is 0 Å². The molecule has 156 valence electrons. The molecule has 1 heterocycles. The van der Waals surface area contributed by atoms with E-state index in [2.05, 4.69) is 5.32 Å². The van der Waals surface area contributed by atoms with Gasteiger partial charge >= 0.3 is 5.97 Å². The first-order chi connectivity index (χ1) is 15.0. The molecule has 4 rings (SSSR count). The second-order valence-electron chi connectivity index (χ2n) is 7.07. The topological polar surface area (TPSA) is 77.4 Å². The fourth-order valence-electron chi connectivity index (χ4n) is 3.50. The minimum Gasteiger partial charge on any atom is -0.454 e. The minimum absolute atomic E-state index is 0.0907. The Bertz CT molecular complexity index is 1320. The van der Waals surface area contributed by atoms with E-state index in [-0.39, 0.29) is 12.0 Å². The van der Waals surface area contributed by atoms with Gasteiger partial charge < -0.3 is 14.6 Å². The maximum atomic E-state index is 12.8. The fraction of sp³-hybridized carbons (Fsp3) is 0.125. The molecule has 0 bridgehead atoms. The third-order valence-corrected chi connectivity index (χ3v) is 5.48. The summed E-state index contributed by atoms with van der Waals surface area (Å²) in [6, 6.07) is 19.4. The molecule has 3 aromatic carbocycles. The second kappa shape index (κ2) is 8.62. The van der Waals surface area contributed by atoms with E-state index in [0.717, 1.165) is 5.56 Å². The van der Waals surface area contributed by atoms with Gasteiger partial charge in [0, 0.05) is 21.5 Å². The molecule has 0 saturated heterocycles. The van der Waals surface area contributed by atoms with Gasteiger partial charge in [0.15, 0.2) is 12.0 Å². The van der Waals surface area contributed by atoms with Crippen molar-refractivity contribution in [1.82, 2.24) is 4.57 Å². The quantitative estimate of drug-likeness (QED) is 0.375. The Morgan fingerprint density at radius 1 is 0.935 bits per heavy atom. The van der Waals surface area contributed by atoms with Gasteiger partial charge in [-0.3, -0.25) is 14.4 Å². The molecule has 0 atom stereocenters. The molecule has 0 aliphatic carbocycles. The Hall–Kier alpha value is -3.64. The maximum Gasteiger partial charge on any atom is 0.326 e. The Kier molecular flexibility index (Phi) is 5.73. The van der Waals surface area contributed by atoms with Crippen LogP contribution >= 0.6 is 11.6 Å². The molecule has 0 aliphatic heterocycles. The molecule has 0 radical (unpaired) electrons. The van der Waals surface area contributed by atoms with E-state index in [1.807, 2.05) is 0 Å². The summed E-state index contributed by atoms with van der Waals surface area (Å²) >= 11 is 6.06. The van der Waals surface area contributed by atoms with Crippen molar-refractivity contribution < 1.29 is 14.3 Å². The average Bonchev–Trinajstić information content (AvgIpc) is 2.78. The molecule has 0 spiro atoms. The van der Waals surface area contributed by atoms with Gasteiger partial charge in [-0.1, -0.05) is 41.9 Å². The predicted molar refractivity (Wildman–Crippen MR) is 121 cm³/mol. The zero-order valence-corrected chi connectivity index (χ0v) is 17.5. The van der Waals surface area contributed by atoms with Crippen LogP contribution in [0.3, 0.4) is 0 Å². The number of rotatable bonds is 5. The molecular weight excluding hydrogens is 416 g/mol. The number of esters is 1. The van der Waals surface area contributed by atoms with Crippen LogP contribution in [0.15, 0.2) is 71.5 Å². The summed E-state index contributed by atoms with van der Waals surface area (Å²) in [7, 11) is 0. The lowest BCUT2D eigenvalue weighted by Gasteiger charge is -2.15. The Labute approximate surface area is 183 Å². The van der Waals surface area contributed by atoms with Crippen LogP contribution in [-0.2, 0) is 20.9 Å². The number of benzene rings is 3. The zero-order valence-electron chi connectivity index (χ0n) is 16.7. The van der Waals surface area contributed by atoms with Crippen LogP contribution in [0.25, 0.3) is 21.8 Å². The lowest BCUT2D eigenvalue weighted by molar-refractivity contribution is -0.147. The maximum absolute atomic E-state index is 12.8. The summed E-state index contributed by atoms with van der Waals surface area (Å²) in [6.45, 7) is 1.22. The number of carbonyl (C=O) groups excluding carboxylic acids is 2. The second-order valence-corrected chi connectivity index (χ2v) is 7.48. The SMILES string of the molecule is Cc1c(Cl)cccc1NC(=O)COC(=O)Cn1c2ccccc2c(=O)c2ccccc21. The van der Waals surface area contributed by atoms with Crippen LogP contribution in [-0.4, -0.2) is 23.1 Å². The van der Waals surface area contributed by atoms with Crippen LogP contribution in [0.1, 0.15) is 5.56 Å². The van der Waals surface area contributed by atoms with E-state index in [1.54, 1.807) is 78.2 Å². The lowest BCUT2D eigenvalue weighted by Crippen LogP contribution is -2.24. The summed E-state index contributed by atoms with van der Waals surface area (Å²) in [6.07, 6.45) is 0. The van der Waals surface area contributed by atoms with Gasteiger partial charge in [0.25, 0.3) is 5.91 Å². The molecule has 7 heteroatoms. The highest BCUT2D eigenvalue weighted by Crippen LogP contribution is 2.23. The van der Waals surface area contributed by atoms with Gasteiger partial charge in [-0.15, -0.1) is 0 Å². The van der Waals surface area contributed by atoms with E-state index in [9.17, 15) is 14.4 Å². The average molecular weight is 435 g/mol. The summed E-state index contributed by atoms with van der Waals surface area (Å²) in [4.78, 5) is 37.5. The molecule has 0 saturated carbocycles. The number of halogens is 1. The van der Waals surface area contributed by atoms with Crippen LogP contribution in [0.5, 0.6) is 0 Å². The Morgan fingerprint density at radius 2 is 1.55 bits per heavy atom. The number of carbonyl (C=O) groups is 2. The minimum atomic E-state index is -0.586. The first-order valence-corrected chi connectivity index (χ1v) is 10.0. The van der Waals surface area contributed by atoms with E-state index >= 15 is 0 Å². The van der Waals surface area contributed by atoms with Gasteiger partial charge in [0.05, 0.1) is 11.0 Å². The van der Waals surface area contributed by atoms with Crippen molar-refractivity contribution in [3.63, 3.8) is 0 Å². The van der Waals surface area contributed by atoms with Crippen molar-refractivity contribution >= 4 is 51.0 Å². The van der Waals surface area contributed by atoms with Crippen LogP contribution in [0.2, 0.25) is 5.02 Å². The van der Waals surface area contributed by atoms with E-state index < -0.39 is 18.5 Å². The third-order valence-electron chi connectivity index (χ3n) is 5.07. The van der Waals surface area contributed by atoms with E-state index in [0.29, 0.717) is 32.5 Å². The molecule has 0 fully saturated rings. The van der Waals surface area contributed by atoms with Gasteiger partial charge in [-0.05, 0) is 48.9 Å². The van der Waals surface area contributed by atoms with E-state index in [4.69, 9.17) is 16.3 Å². The van der Waals surface area contributed by atoms with Crippen LogP contribution in [0.4, 0.5) is 5.69 Å². The Morgan fingerprint density at radius 3 is 2.19 bits per heavy atom.